The smallest absolute Gasteiger partial charge is 0.244 e. The van der Waals surface area contributed by atoms with Gasteiger partial charge in [0.15, 0.2) is 0 Å². The van der Waals surface area contributed by atoms with Crippen LogP contribution in [0.15, 0.2) is 17.0 Å². The number of nitrogens with two attached hydrogens (primary N) is 1. The molecule has 1 saturated heterocycles. The number of amides is 2. The number of rotatable bonds is 3. The van der Waals surface area contributed by atoms with Gasteiger partial charge in [-0.15, -0.1) is 0 Å². The summed E-state index contributed by atoms with van der Waals surface area (Å²) in [5.74, 6) is -0.587. The van der Waals surface area contributed by atoms with Gasteiger partial charge in [0.25, 0.3) is 0 Å². The van der Waals surface area contributed by atoms with Crippen molar-refractivity contribution >= 4 is 39.1 Å². The van der Waals surface area contributed by atoms with Gasteiger partial charge in [-0.05, 0) is 18.9 Å². The molecule has 2 aliphatic rings. The van der Waals surface area contributed by atoms with Crippen LogP contribution in [0.25, 0.3) is 0 Å². The van der Waals surface area contributed by atoms with E-state index in [2.05, 4.69) is 0 Å². The Bertz CT molecular complexity index is 850. The van der Waals surface area contributed by atoms with Gasteiger partial charge in [0.1, 0.15) is 17.3 Å². The number of fused-ring (bicyclic) bond motifs is 1. The summed E-state index contributed by atoms with van der Waals surface area (Å²) < 4.78 is 32.8. The predicted molar refractivity (Wildman–Crippen MR) is 95.7 cm³/mol. The number of ether oxygens (including phenoxy) is 1. The lowest BCUT2D eigenvalue weighted by Crippen LogP contribution is -2.42. The van der Waals surface area contributed by atoms with Crippen LogP contribution in [-0.4, -0.2) is 50.8 Å². The molecule has 1 aromatic rings. The van der Waals surface area contributed by atoms with Crippen molar-refractivity contribution in [3.8, 4) is 5.75 Å². The van der Waals surface area contributed by atoms with E-state index in [1.165, 1.54) is 28.3 Å². The number of hydrogen-bond donors (Lipinski definition) is 1. The highest BCUT2D eigenvalue weighted by atomic mass is 35.5. The van der Waals surface area contributed by atoms with Gasteiger partial charge in [0.2, 0.25) is 21.8 Å². The molecule has 0 aromatic heterocycles. The first-order valence-corrected chi connectivity index (χ1v) is 10.1. The molecule has 0 bridgehead atoms. The molecule has 0 atom stereocenters. The highest BCUT2D eigenvalue weighted by Crippen LogP contribution is 2.39. The van der Waals surface area contributed by atoms with E-state index in [9.17, 15) is 18.0 Å². The maximum absolute atomic E-state index is 13.0. The van der Waals surface area contributed by atoms with Crippen molar-refractivity contribution in [3.05, 3.63) is 17.2 Å². The second-order valence-corrected chi connectivity index (χ2v) is 8.66. The highest BCUT2D eigenvalue weighted by Gasteiger charge is 2.34. The maximum Gasteiger partial charge on any atom is 0.244 e. The minimum Gasteiger partial charge on any atom is -0.489 e. The van der Waals surface area contributed by atoms with Crippen molar-refractivity contribution in [1.82, 2.24) is 4.31 Å². The summed E-state index contributed by atoms with van der Waals surface area (Å²) in [4.78, 5) is 24.4. The molecule has 1 fully saturated rings. The third kappa shape index (κ3) is 3.38. The summed E-state index contributed by atoms with van der Waals surface area (Å²) in [7, 11) is -3.85. The normalized spacial score (nSPS) is 18.9. The average molecular weight is 402 g/mol. The van der Waals surface area contributed by atoms with Gasteiger partial charge < -0.3 is 15.4 Å². The number of carbonyl (C=O) groups is 2. The van der Waals surface area contributed by atoms with Crippen molar-refractivity contribution in [2.24, 2.45) is 11.7 Å². The fourth-order valence-corrected chi connectivity index (χ4v) is 5.24. The summed E-state index contributed by atoms with van der Waals surface area (Å²) in [6.45, 7) is 2.48. The molecule has 2 amide bonds. The van der Waals surface area contributed by atoms with Gasteiger partial charge in [0.05, 0.1) is 17.3 Å². The summed E-state index contributed by atoms with van der Waals surface area (Å²) in [5.41, 5.74) is 5.75. The fraction of sp³-hybridized carbons (Fsp3) is 0.500. The van der Waals surface area contributed by atoms with E-state index < -0.39 is 15.9 Å². The molecule has 0 unspecified atom stereocenters. The van der Waals surface area contributed by atoms with E-state index in [1.807, 2.05) is 0 Å². The van der Waals surface area contributed by atoms with Crippen molar-refractivity contribution in [1.29, 1.82) is 0 Å². The SMILES string of the molecule is CC(=O)N1CCOc2cc(S(=O)(=O)N3CCC(C(N)=O)CC3)c(Cl)cc21. The van der Waals surface area contributed by atoms with Crippen molar-refractivity contribution in [3.63, 3.8) is 0 Å². The molecule has 3 rings (SSSR count). The molecule has 10 heteroatoms. The van der Waals surface area contributed by atoms with Crippen LogP contribution in [0, 0.1) is 5.92 Å². The minimum absolute atomic E-state index is 0.0255. The van der Waals surface area contributed by atoms with E-state index >= 15 is 0 Å². The first kappa shape index (κ1) is 18.9. The average Bonchev–Trinajstić information content (AvgIpc) is 2.60. The molecule has 142 valence electrons. The molecular formula is C16H20ClN3O5S. The molecule has 0 aliphatic carbocycles. The zero-order chi connectivity index (χ0) is 19.1. The lowest BCUT2D eigenvalue weighted by molar-refractivity contribution is -0.122. The number of sulfonamides is 1. The van der Waals surface area contributed by atoms with E-state index in [1.54, 1.807) is 0 Å². The Morgan fingerprint density at radius 1 is 1.23 bits per heavy atom. The van der Waals surface area contributed by atoms with Crippen molar-refractivity contribution in [2.45, 2.75) is 24.7 Å². The summed E-state index contributed by atoms with van der Waals surface area (Å²) >= 11 is 6.24. The molecule has 1 aromatic carbocycles. The number of carbonyl (C=O) groups excluding carboxylic acids is 2. The molecule has 0 radical (unpaired) electrons. The van der Waals surface area contributed by atoms with Crippen LogP contribution in [0.4, 0.5) is 5.69 Å². The van der Waals surface area contributed by atoms with Crippen LogP contribution < -0.4 is 15.4 Å². The zero-order valence-electron chi connectivity index (χ0n) is 14.3. The Hall–Kier alpha value is -1.84. The first-order chi connectivity index (χ1) is 12.2. The van der Waals surface area contributed by atoms with Crippen LogP contribution in [-0.2, 0) is 19.6 Å². The van der Waals surface area contributed by atoms with Gasteiger partial charge in [-0.3, -0.25) is 9.59 Å². The van der Waals surface area contributed by atoms with Crippen LogP contribution in [0.5, 0.6) is 5.75 Å². The molecule has 2 aliphatic heterocycles. The van der Waals surface area contributed by atoms with Crippen molar-refractivity contribution in [2.75, 3.05) is 31.1 Å². The van der Waals surface area contributed by atoms with Gasteiger partial charge in [0, 0.05) is 32.0 Å². The Balaban J connectivity index is 1.92. The Kier molecular flexibility index (Phi) is 5.14. The molecule has 0 saturated carbocycles. The van der Waals surface area contributed by atoms with Gasteiger partial charge >= 0.3 is 0 Å². The van der Waals surface area contributed by atoms with E-state index in [0.717, 1.165) is 0 Å². The molecule has 26 heavy (non-hydrogen) atoms. The molecular weight excluding hydrogens is 382 g/mol. The maximum atomic E-state index is 13.0. The standard InChI is InChI=1S/C16H20ClN3O5S/c1-10(21)20-6-7-25-14-9-15(12(17)8-13(14)20)26(23,24)19-4-2-11(3-5-19)16(18)22/h8-9,11H,2-7H2,1H3,(H2,18,22). The van der Waals surface area contributed by atoms with E-state index in [4.69, 9.17) is 22.1 Å². The number of primary amides is 1. The Labute approximate surface area is 156 Å². The number of halogens is 1. The summed E-state index contributed by atoms with van der Waals surface area (Å²) in [5, 5.41) is 0.0255. The first-order valence-electron chi connectivity index (χ1n) is 8.25. The second-order valence-electron chi connectivity index (χ2n) is 6.35. The lowest BCUT2D eigenvalue weighted by atomic mass is 9.98. The molecule has 2 N–H and O–H groups in total. The highest BCUT2D eigenvalue weighted by molar-refractivity contribution is 7.89. The number of benzene rings is 1. The Morgan fingerprint density at radius 2 is 1.88 bits per heavy atom. The number of hydrogen-bond acceptors (Lipinski definition) is 5. The number of nitrogens with zero attached hydrogens (tertiary/aromatic N) is 2. The van der Waals surface area contributed by atoms with E-state index in [-0.39, 0.29) is 41.4 Å². The van der Waals surface area contributed by atoms with Gasteiger partial charge in [-0.2, -0.15) is 4.31 Å². The largest absolute Gasteiger partial charge is 0.489 e. The van der Waals surface area contributed by atoms with Crippen LogP contribution in [0.3, 0.4) is 0 Å². The quantitative estimate of drug-likeness (QED) is 0.811. The summed E-state index contributed by atoms with van der Waals surface area (Å²) in [6, 6.07) is 2.81. The van der Waals surface area contributed by atoms with Crippen LogP contribution in [0.2, 0.25) is 5.02 Å². The zero-order valence-corrected chi connectivity index (χ0v) is 15.8. The van der Waals surface area contributed by atoms with Crippen LogP contribution in [0.1, 0.15) is 19.8 Å². The van der Waals surface area contributed by atoms with Crippen LogP contribution >= 0.6 is 11.6 Å². The second kappa shape index (κ2) is 7.05. The molecule has 8 nitrogen and oxygen atoms in total. The third-order valence-corrected chi connectivity index (χ3v) is 7.09. The minimum atomic E-state index is -3.85. The molecule has 0 spiro atoms. The lowest BCUT2D eigenvalue weighted by Gasteiger charge is -2.32. The number of anilines is 1. The Morgan fingerprint density at radius 3 is 2.46 bits per heavy atom. The summed E-state index contributed by atoms with van der Waals surface area (Å²) in [6.07, 6.45) is 0.761. The monoisotopic (exact) mass is 401 g/mol. The van der Waals surface area contributed by atoms with Gasteiger partial charge in [-0.25, -0.2) is 8.42 Å². The molecule has 2 heterocycles. The number of piperidine rings is 1. The topological polar surface area (TPSA) is 110 Å². The van der Waals surface area contributed by atoms with Crippen molar-refractivity contribution < 1.29 is 22.7 Å². The third-order valence-electron chi connectivity index (χ3n) is 4.73. The predicted octanol–water partition coefficient (Wildman–Crippen LogP) is 0.971. The fourth-order valence-electron chi connectivity index (χ4n) is 3.26. The van der Waals surface area contributed by atoms with Gasteiger partial charge in [-0.1, -0.05) is 11.6 Å². The van der Waals surface area contributed by atoms with E-state index in [0.29, 0.717) is 30.8 Å².